The lowest BCUT2D eigenvalue weighted by Crippen LogP contribution is -2.36. The third kappa shape index (κ3) is 4.27. The summed E-state index contributed by atoms with van der Waals surface area (Å²) in [5, 5.41) is 5.88. The smallest absolute Gasteiger partial charge is 0.228 e. The lowest BCUT2D eigenvalue weighted by Gasteiger charge is -2.25. The number of para-hydroxylation sites is 1. The minimum absolute atomic E-state index is 0.0797. The molecule has 0 aliphatic carbocycles. The first kappa shape index (κ1) is 20.1. The van der Waals surface area contributed by atoms with Crippen molar-refractivity contribution < 1.29 is 9.59 Å². The molecule has 1 unspecified atom stereocenters. The van der Waals surface area contributed by atoms with Gasteiger partial charge in [0, 0.05) is 18.7 Å². The highest BCUT2D eigenvalue weighted by molar-refractivity contribution is 6.01. The summed E-state index contributed by atoms with van der Waals surface area (Å²) in [5.74, 6) is -0.609. The molecule has 2 aromatic rings. The Morgan fingerprint density at radius 2 is 1.79 bits per heavy atom. The Labute approximate surface area is 167 Å². The quantitative estimate of drug-likeness (QED) is 0.829. The fraction of sp³-hybridized carbons (Fsp3) is 0.417. The Morgan fingerprint density at radius 1 is 1.14 bits per heavy atom. The summed E-state index contributed by atoms with van der Waals surface area (Å²) in [6.45, 7) is 11.5. The van der Waals surface area contributed by atoms with Crippen LogP contribution in [0.5, 0.6) is 0 Å². The molecule has 1 atom stereocenters. The third-order valence-electron chi connectivity index (χ3n) is 5.55. The molecule has 0 saturated carbocycles. The van der Waals surface area contributed by atoms with Crippen LogP contribution in [0.1, 0.15) is 60.9 Å². The van der Waals surface area contributed by atoms with Crippen molar-refractivity contribution in [3.63, 3.8) is 0 Å². The van der Waals surface area contributed by atoms with E-state index in [2.05, 4.69) is 57.4 Å². The molecule has 0 bridgehead atoms. The monoisotopic (exact) mass is 378 g/mol. The summed E-state index contributed by atoms with van der Waals surface area (Å²) in [6, 6.07) is 12.0. The topological polar surface area (TPSA) is 58.2 Å². The van der Waals surface area contributed by atoms with E-state index in [1.54, 1.807) is 0 Å². The second-order valence-corrected chi connectivity index (χ2v) is 8.77. The zero-order valence-electron chi connectivity index (χ0n) is 17.5. The van der Waals surface area contributed by atoms with E-state index in [9.17, 15) is 9.59 Å². The van der Waals surface area contributed by atoms with E-state index in [0.29, 0.717) is 6.54 Å². The lowest BCUT2D eigenvalue weighted by atomic mass is 9.83. The molecule has 2 N–H and O–H groups in total. The summed E-state index contributed by atoms with van der Waals surface area (Å²) in [7, 11) is 0. The molecule has 28 heavy (non-hydrogen) atoms. The first-order chi connectivity index (χ1) is 13.2. The van der Waals surface area contributed by atoms with Gasteiger partial charge in [-0.15, -0.1) is 0 Å². The summed E-state index contributed by atoms with van der Waals surface area (Å²) < 4.78 is 0. The standard InChI is InChI=1S/C24H30N2O2/c1-15-12-17(24(3,4)5)13-16(2)18(15)10-11-25-23(28)20-14-22(27)26-21-9-7-6-8-19(20)21/h6-9,12-13,20H,10-11,14H2,1-5H3,(H,25,28)(H,26,27). The second-order valence-electron chi connectivity index (χ2n) is 8.77. The molecule has 1 aliphatic rings. The first-order valence-electron chi connectivity index (χ1n) is 9.94. The lowest BCUT2D eigenvalue weighted by molar-refractivity contribution is -0.126. The van der Waals surface area contributed by atoms with E-state index < -0.39 is 5.92 Å². The second kappa shape index (κ2) is 7.78. The highest BCUT2D eigenvalue weighted by Crippen LogP contribution is 2.32. The fourth-order valence-electron chi connectivity index (χ4n) is 3.90. The van der Waals surface area contributed by atoms with Gasteiger partial charge in [0.15, 0.2) is 0 Å². The summed E-state index contributed by atoms with van der Waals surface area (Å²) in [6.07, 6.45) is 0.982. The number of amides is 2. The maximum Gasteiger partial charge on any atom is 0.228 e. The molecular formula is C24H30N2O2. The first-order valence-corrected chi connectivity index (χ1v) is 9.94. The molecule has 0 aromatic heterocycles. The number of rotatable bonds is 4. The summed E-state index contributed by atoms with van der Waals surface area (Å²) >= 11 is 0. The van der Waals surface area contributed by atoms with Gasteiger partial charge in [0.05, 0.1) is 5.92 Å². The van der Waals surface area contributed by atoms with Gasteiger partial charge in [0.2, 0.25) is 11.8 Å². The zero-order chi connectivity index (χ0) is 20.5. The highest BCUT2D eigenvalue weighted by atomic mass is 16.2. The molecule has 1 aliphatic heterocycles. The van der Waals surface area contributed by atoms with Gasteiger partial charge in [-0.25, -0.2) is 0 Å². The van der Waals surface area contributed by atoms with Crippen molar-refractivity contribution in [2.45, 2.75) is 58.8 Å². The van der Waals surface area contributed by atoms with Gasteiger partial charge in [-0.05, 0) is 59.6 Å². The zero-order valence-corrected chi connectivity index (χ0v) is 17.5. The third-order valence-corrected chi connectivity index (χ3v) is 5.55. The van der Waals surface area contributed by atoms with Crippen molar-refractivity contribution in [2.24, 2.45) is 0 Å². The molecule has 148 valence electrons. The van der Waals surface area contributed by atoms with Crippen LogP contribution in [0.4, 0.5) is 5.69 Å². The molecule has 4 nitrogen and oxygen atoms in total. The maximum atomic E-state index is 12.8. The van der Waals surface area contributed by atoms with Crippen LogP contribution in [0.15, 0.2) is 36.4 Å². The molecule has 2 aromatic carbocycles. The predicted molar refractivity (Wildman–Crippen MR) is 114 cm³/mol. The minimum atomic E-state index is -0.421. The summed E-state index contributed by atoms with van der Waals surface area (Å²) in [4.78, 5) is 24.7. The van der Waals surface area contributed by atoms with Crippen LogP contribution in [0, 0.1) is 13.8 Å². The Balaban J connectivity index is 1.68. The number of hydrogen-bond donors (Lipinski definition) is 2. The number of carbonyl (C=O) groups is 2. The van der Waals surface area contributed by atoms with Gasteiger partial charge < -0.3 is 10.6 Å². The van der Waals surface area contributed by atoms with E-state index in [4.69, 9.17) is 0 Å². The number of anilines is 1. The van der Waals surface area contributed by atoms with Gasteiger partial charge in [0.1, 0.15) is 0 Å². The molecule has 0 fully saturated rings. The Hall–Kier alpha value is -2.62. The minimum Gasteiger partial charge on any atom is -0.355 e. The maximum absolute atomic E-state index is 12.8. The van der Waals surface area contributed by atoms with E-state index in [-0.39, 0.29) is 23.7 Å². The van der Waals surface area contributed by atoms with Crippen LogP contribution < -0.4 is 10.6 Å². The number of fused-ring (bicyclic) bond motifs is 1. The summed E-state index contributed by atoms with van der Waals surface area (Å²) in [5.41, 5.74) is 6.90. The van der Waals surface area contributed by atoms with Crippen LogP contribution in [0.25, 0.3) is 0 Å². The fourth-order valence-corrected chi connectivity index (χ4v) is 3.90. The molecule has 0 radical (unpaired) electrons. The molecule has 2 amide bonds. The van der Waals surface area contributed by atoms with Crippen LogP contribution in [0.3, 0.4) is 0 Å². The van der Waals surface area contributed by atoms with Crippen LogP contribution >= 0.6 is 0 Å². The Bertz CT molecular complexity index is 886. The molecule has 3 rings (SSSR count). The number of carbonyl (C=O) groups excluding carboxylic acids is 2. The van der Waals surface area contributed by atoms with Gasteiger partial charge >= 0.3 is 0 Å². The number of aryl methyl sites for hydroxylation is 2. The molecule has 1 heterocycles. The van der Waals surface area contributed by atoms with E-state index in [1.807, 2.05) is 24.3 Å². The van der Waals surface area contributed by atoms with Crippen LogP contribution in [-0.4, -0.2) is 18.4 Å². The molecule has 0 saturated heterocycles. The van der Waals surface area contributed by atoms with Gasteiger partial charge in [-0.1, -0.05) is 51.1 Å². The van der Waals surface area contributed by atoms with Gasteiger partial charge in [-0.3, -0.25) is 9.59 Å². The average Bonchev–Trinajstić information content (AvgIpc) is 2.62. The molecule has 0 spiro atoms. The van der Waals surface area contributed by atoms with Crippen LogP contribution in [0.2, 0.25) is 0 Å². The predicted octanol–water partition coefficient (Wildman–Crippen LogP) is 4.39. The highest BCUT2D eigenvalue weighted by Gasteiger charge is 2.30. The van der Waals surface area contributed by atoms with Crippen molar-refractivity contribution in [3.8, 4) is 0 Å². The normalized spacial score (nSPS) is 16.3. The van der Waals surface area contributed by atoms with Crippen molar-refractivity contribution in [2.75, 3.05) is 11.9 Å². The number of nitrogens with one attached hydrogen (secondary N) is 2. The van der Waals surface area contributed by atoms with Crippen molar-refractivity contribution >= 4 is 17.5 Å². The molecular weight excluding hydrogens is 348 g/mol. The van der Waals surface area contributed by atoms with Gasteiger partial charge in [0.25, 0.3) is 0 Å². The number of benzene rings is 2. The van der Waals surface area contributed by atoms with E-state index in [0.717, 1.165) is 17.7 Å². The van der Waals surface area contributed by atoms with E-state index >= 15 is 0 Å². The Morgan fingerprint density at radius 3 is 2.43 bits per heavy atom. The van der Waals surface area contributed by atoms with Crippen LogP contribution in [-0.2, 0) is 21.4 Å². The van der Waals surface area contributed by atoms with Crippen molar-refractivity contribution in [3.05, 3.63) is 64.2 Å². The average molecular weight is 379 g/mol. The van der Waals surface area contributed by atoms with Crippen molar-refractivity contribution in [1.29, 1.82) is 0 Å². The van der Waals surface area contributed by atoms with Crippen molar-refractivity contribution in [1.82, 2.24) is 5.32 Å². The SMILES string of the molecule is Cc1cc(C(C)(C)C)cc(C)c1CCNC(=O)C1CC(=O)Nc2ccccc21. The van der Waals surface area contributed by atoms with Gasteiger partial charge in [-0.2, -0.15) is 0 Å². The largest absolute Gasteiger partial charge is 0.355 e. The Kier molecular flexibility index (Phi) is 5.59. The van der Waals surface area contributed by atoms with E-state index in [1.165, 1.54) is 22.3 Å². The molecule has 4 heteroatoms. The number of hydrogen-bond acceptors (Lipinski definition) is 2.